The van der Waals surface area contributed by atoms with Crippen LogP contribution in [0.15, 0.2) is 24.3 Å². The van der Waals surface area contributed by atoms with Gasteiger partial charge in [0.25, 0.3) is 0 Å². The quantitative estimate of drug-likeness (QED) is 0.461. The summed E-state index contributed by atoms with van der Waals surface area (Å²) in [6.07, 6.45) is 0.806. The highest BCUT2D eigenvalue weighted by atomic mass is 35.5. The maximum Gasteiger partial charge on any atom is 0.337 e. The second-order valence-corrected chi connectivity index (χ2v) is 3.28. The fourth-order valence-electron chi connectivity index (χ4n) is 1.05. The Morgan fingerprint density at radius 1 is 1.24 bits per heavy atom. The van der Waals surface area contributed by atoms with Crippen LogP contribution in [0.4, 0.5) is 0 Å². The third-order valence-electron chi connectivity index (χ3n) is 1.82. The van der Waals surface area contributed by atoms with Crippen LogP contribution in [-0.2, 0) is 4.74 Å². The number of hydrogen-bond acceptors (Lipinski definition) is 3. The molecule has 0 unspecified atom stereocenters. The summed E-state index contributed by atoms with van der Waals surface area (Å²) in [5.41, 5.74) is 0.516. The van der Waals surface area contributed by atoms with Crippen LogP contribution in [-0.4, -0.2) is 25.6 Å². The Labute approximate surface area is 108 Å². The predicted molar refractivity (Wildman–Crippen MR) is 70.0 cm³/mol. The Bertz CT molecular complexity index is 309. The van der Waals surface area contributed by atoms with E-state index >= 15 is 0 Å². The van der Waals surface area contributed by atoms with Gasteiger partial charge < -0.3 is 9.47 Å². The van der Waals surface area contributed by atoms with Gasteiger partial charge in [0.1, 0.15) is 5.75 Å². The highest BCUT2D eigenvalue weighted by molar-refractivity contribution is 6.17. The lowest BCUT2D eigenvalue weighted by Gasteiger charge is -2.05. The second-order valence-electron chi connectivity index (χ2n) is 2.91. The van der Waals surface area contributed by atoms with Gasteiger partial charge in [0.15, 0.2) is 0 Å². The van der Waals surface area contributed by atoms with Crippen molar-refractivity contribution < 1.29 is 14.3 Å². The summed E-state index contributed by atoms with van der Waals surface area (Å²) in [5.74, 6) is 0.968. The van der Waals surface area contributed by atoms with Crippen molar-refractivity contribution in [1.82, 2.24) is 0 Å². The van der Waals surface area contributed by atoms with Crippen molar-refractivity contribution in [3.63, 3.8) is 0 Å². The van der Waals surface area contributed by atoms with Gasteiger partial charge >= 0.3 is 5.97 Å². The van der Waals surface area contributed by atoms with Crippen molar-refractivity contribution in [1.29, 1.82) is 0 Å². The van der Waals surface area contributed by atoms with E-state index in [4.69, 9.17) is 16.3 Å². The minimum absolute atomic E-state index is 0.345. The number of hydrogen-bond donors (Lipinski definition) is 0. The molecule has 0 fully saturated rings. The first kappa shape index (κ1) is 15.8. The molecule has 1 aromatic carbocycles. The monoisotopic (exact) mass is 258 g/mol. The molecule has 17 heavy (non-hydrogen) atoms. The maximum atomic E-state index is 11.1. The van der Waals surface area contributed by atoms with Gasteiger partial charge in [-0.2, -0.15) is 0 Å². The summed E-state index contributed by atoms with van der Waals surface area (Å²) in [5, 5.41) is 0. The average molecular weight is 259 g/mol. The first-order chi connectivity index (χ1) is 8.27. The first-order valence-electron chi connectivity index (χ1n) is 5.65. The molecule has 1 aromatic rings. The largest absolute Gasteiger partial charge is 0.494 e. The van der Waals surface area contributed by atoms with Gasteiger partial charge in [-0.25, -0.2) is 4.79 Å². The third-order valence-corrected chi connectivity index (χ3v) is 2.09. The summed E-state index contributed by atoms with van der Waals surface area (Å²) in [6, 6.07) is 6.81. The van der Waals surface area contributed by atoms with Crippen LogP contribution < -0.4 is 4.74 Å². The summed E-state index contributed by atoms with van der Waals surface area (Å²) in [6.45, 7) is 4.58. The zero-order valence-corrected chi connectivity index (χ0v) is 11.3. The van der Waals surface area contributed by atoms with E-state index in [-0.39, 0.29) is 5.97 Å². The Balaban J connectivity index is 0.00000121. The van der Waals surface area contributed by atoms with Crippen molar-refractivity contribution >= 4 is 17.6 Å². The minimum atomic E-state index is -0.345. The SMILES string of the molecule is CC.COC(=O)c1ccc(OCCCCl)cc1. The highest BCUT2D eigenvalue weighted by Gasteiger charge is 2.04. The topological polar surface area (TPSA) is 35.5 Å². The van der Waals surface area contributed by atoms with E-state index in [1.807, 2.05) is 13.8 Å². The number of alkyl halides is 1. The Morgan fingerprint density at radius 3 is 2.29 bits per heavy atom. The molecule has 0 spiro atoms. The Morgan fingerprint density at radius 2 is 1.82 bits per heavy atom. The molecule has 3 nitrogen and oxygen atoms in total. The van der Waals surface area contributed by atoms with Gasteiger partial charge in [-0.1, -0.05) is 13.8 Å². The molecule has 0 saturated carbocycles. The van der Waals surface area contributed by atoms with Crippen LogP contribution in [0.2, 0.25) is 0 Å². The van der Waals surface area contributed by atoms with Gasteiger partial charge in [0.2, 0.25) is 0 Å². The molecule has 4 heteroatoms. The summed E-state index contributed by atoms with van der Waals surface area (Å²) in [4.78, 5) is 11.1. The molecular weight excluding hydrogens is 240 g/mol. The standard InChI is InChI=1S/C11H13ClO3.C2H6/c1-14-11(13)9-3-5-10(6-4-9)15-8-2-7-12;1-2/h3-6H,2,7-8H2,1H3;1-2H3. The second kappa shape index (κ2) is 9.97. The normalized spacial score (nSPS) is 8.94. The molecular formula is C13H19ClO3. The van der Waals surface area contributed by atoms with Gasteiger partial charge in [-0.05, 0) is 30.7 Å². The molecule has 0 atom stereocenters. The van der Waals surface area contributed by atoms with Crippen LogP contribution in [0.3, 0.4) is 0 Å². The van der Waals surface area contributed by atoms with E-state index in [0.717, 1.165) is 12.2 Å². The fraction of sp³-hybridized carbons (Fsp3) is 0.462. The predicted octanol–water partition coefficient (Wildman–Crippen LogP) is 3.51. The lowest BCUT2D eigenvalue weighted by Crippen LogP contribution is -2.01. The van der Waals surface area contributed by atoms with Gasteiger partial charge in [-0.15, -0.1) is 11.6 Å². The molecule has 0 amide bonds. The first-order valence-corrected chi connectivity index (χ1v) is 6.18. The number of carbonyl (C=O) groups excluding carboxylic acids is 1. The molecule has 0 aliphatic carbocycles. The Hall–Kier alpha value is -1.22. The maximum absolute atomic E-state index is 11.1. The highest BCUT2D eigenvalue weighted by Crippen LogP contribution is 2.13. The van der Waals surface area contributed by atoms with Crippen LogP contribution in [0, 0.1) is 0 Å². The van der Waals surface area contributed by atoms with E-state index in [9.17, 15) is 4.79 Å². The van der Waals surface area contributed by atoms with Gasteiger partial charge in [0, 0.05) is 5.88 Å². The average Bonchev–Trinajstić information content (AvgIpc) is 2.41. The number of ether oxygens (including phenoxy) is 2. The fourth-order valence-corrected chi connectivity index (χ4v) is 1.16. The smallest absolute Gasteiger partial charge is 0.337 e. The number of rotatable bonds is 5. The zero-order chi connectivity index (χ0) is 13.1. The summed E-state index contributed by atoms with van der Waals surface area (Å²) < 4.78 is 9.96. The van der Waals surface area contributed by atoms with E-state index in [1.54, 1.807) is 24.3 Å². The van der Waals surface area contributed by atoms with Crippen LogP contribution in [0.1, 0.15) is 30.6 Å². The van der Waals surface area contributed by atoms with E-state index in [0.29, 0.717) is 18.1 Å². The molecule has 0 aliphatic heterocycles. The molecule has 0 radical (unpaired) electrons. The van der Waals surface area contributed by atoms with Crippen molar-refractivity contribution in [3.05, 3.63) is 29.8 Å². The molecule has 0 heterocycles. The summed E-state index contributed by atoms with van der Waals surface area (Å²) >= 11 is 5.51. The molecule has 0 aromatic heterocycles. The minimum Gasteiger partial charge on any atom is -0.494 e. The van der Waals surface area contributed by atoms with Crippen LogP contribution in [0.25, 0.3) is 0 Å². The molecule has 96 valence electrons. The van der Waals surface area contributed by atoms with Gasteiger partial charge in [0.05, 0.1) is 19.3 Å². The number of esters is 1. The van der Waals surface area contributed by atoms with Crippen molar-refractivity contribution in [2.75, 3.05) is 19.6 Å². The molecule has 0 saturated heterocycles. The van der Waals surface area contributed by atoms with E-state index in [1.165, 1.54) is 7.11 Å². The van der Waals surface area contributed by atoms with Crippen LogP contribution >= 0.6 is 11.6 Å². The molecule has 0 aliphatic rings. The van der Waals surface area contributed by atoms with Crippen molar-refractivity contribution in [3.8, 4) is 5.75 Å². The molecule has 1 rings (SSSR count). The molecule has 0 bridgehead atoms. The zero-order valence-electron chi connectivity index (χ0n) is 10.5. The lowest BCUT2D eigenvalue weighted by atomic mass is 10.2. The third kappa shape index (κ3) is 6.17. The number of methoxy groups -OCH3 is 1. The van der Waals surface area contributed by atoms with E-state index in [2.05, 4.69) is 4.74 Å². The number of carbonyl (C=O) groups is 1. The lowest BCUT2D eigenvalue weighted by molar-refractivity contribution is 0.0600. The van der Waals surface area contributed by atoms with Crippen molar-refractivity contribution in [2.45, 2.75) is 20.3 Å². The van der Waals surface area contributed by atoms with Gasteiger partial charge in [-0.3, -0.25) is 0 Å². The van der Waals surface area contributed by atoms with Crippen molar-refractivity contribution in [2.24, 2.45) is 0 Å². The number of benzene rings is 1. The number of halogens is 1. The Kier molecular flexibility index (Phi) is 9.25. The molecule has 0 N–H and O–H groups in total. The summed E-state index contributed by atoms with van der Waals surface area (Å²) in [7, 11) is 1.35. The van der Waals surface area contributed by atoms with E-state index < -0.39 is 0 Å². The van der Waals surface area contributed by atoms with Crippen LogP contribution in [0.5, 0.6) is 5.75 Å².